The van der Waals surface area contributed by atoms with E-state index in [0.717, 1.165) is 0 Å². The third kappa shape index (κ3) is 8.52. The van der Waals surface area contributed by atoms with Crippen LogP contribution in [-0.2, 0) is 14.3 Å². The van der Waals surface area contributed by atoms with E-state index in [4.69, 9.17) is 10.2 Å². The summed E-state index contributed by atoms with van der Waals surface area (Å²) in [6.45, 7) is 5.35. The van der Waals surface area contributed by atoms with Gasteiger partial charge in [-0.15, -0.1) is 0 Å². The van der Waals surface area contributed by atoms with Crippen LogP contribution in [0.4, 0.5) is 0 Å². The summed E-state index contributed by atoms with van der Waals surface area (Å²) in [6.07, 6.45) is 0.603. The van der Waals surface area contributed by atoms with Gasteiger partial charge >= 0.3 is 5.97 Å². The second-order valence-electron chi connectivity index (χ2n) is 4.89. The number of esters is 1. The first-order valence-corrected chi connectivity index (χ1v) is 6.59. The number of nitrogens with one attached hydrogen (secondary N) is 1. The molecule has 21 heavy (non-hydrogen) atoms. The molecule has 0 aliphatic heterocycles. The average molecular weight is 297 g/mol. The monoisotopic (exact) mass is 297 g/mol. The molecule has 0 aliphatic rings. The Bertz CT molecular complexity index is 438. The van der Waals surface area contributed by atoms with Crippen LogP contribution in [0.2, 0.25) is 0 Å². The van der Waals surface area contributed by atoms with Crippen molar-refractivity contribution >= 4 is 11.9 Å². The average Bonchev–Trinajstić information content (AvgIpc) is 2.40. The van der Waals surface area contributed by atoms with Crippen molar-refractivity contribution in [3.63, 3.8) is 0 Å². The highest BCUT2D eigenvalue weighted by atomic mass is 16.5. The second-order valence-corrected chi connectivity index (χ2v) is 4.89. The smallest absolute Gasteiger partial charge is 0.328 e. The van der Waals surface area contributed by atoms with Gasteiger partial charge < -0.3 is 20.3 Å². The zero-order valence-electron chi connectivity index (χ0n) is 12.8. The number of carbonyl (C=O) groups is 2. The standard InChI is InChI=1S/C9H17NO3.C6H6O2/c1-6(2)5-8(9(12)13-4)10-7(3)11;7-5-3-1-2-4-6(5)8/h6,8H,5H2,1-4H3,(H,10,11);1-4,7-8H. The SMILES string of the molecule is COC(=O)C(CC(C)C)NC(C)=O.Oc1ccccc1O. The van der Waals surface area contributed by atoms with Gasteiger partial charge in [0.15, 0.2) is 11.5 Å². The third-order valence-electron chi connectivity index (χ3n) is 2.45. The quantitative estimate of drug-likeness (QED) is 0.582. The molecule has 1 aromatic rings. The molecule has 0 heterocycles. The summed E-state index contributed by atoms with van der Waals surface area (Å²) in [6, 6.07) is 5.64. The van der Waals surface area contributed by atoms with Gasteiger partial charge in [0.1, 0.15) is 6.04 Å². The van der Waals surface area contributed by atoms with Crippen LogP contribution in [0.3, 0.4) is 0 Å². The van der Waals surface area contributed by atoms with Crippen molar-refractivity contribution in [3.05, 3.63) is 24.3 Å². The van der Waals surface area contributed by atoms with Crippen LogP contribution in [0.15, 0.2) is 24.3 Å². The van der Waals surface area contributed by atoms with Gasteiger partial charge in [-0.1, -0.05) is 26.0 Å². The highest BCUT2D eigenvalue weighted by Crippen LogP contribution is 2.21. The van der Waals surface area contributed by atoms with Crippen LogP contribution >= 0.6 is 0 Å². The molecular weight excluding hydrogens is 274 g/mol. The van der Waals surface area contributed by atoms with Crippen molar-refractivity contribution in [2.45, 2.75) is 33.2 Å². The van der Waals surface area contributed by atoms with Crippen LogP contribution in [0, 0.1) is 5.92 Å². The molecule has 0 aromatic heterocycles. The highest BCUT2D eigenvalue weighted by Gasteiger charge is 2.20. The van der Waals surface area contributed by atoms with Crippen LogP contribution in [-0.4, -0.2) is 35.2 Å². The molecule has 1 aromatic carbocycles. The molecule has 1 rings (SSSR count). The molecule has 0 fully saturated rings. The number of phenols is 2. The van der Waals surface area contributed by atoms with Crippen molar-refractivity contribution in [2.75, 3.05) is 7.11 Å². The van der Waals surface area contributed by atoms with E-state index in [1.54, 1.807) is 12.1 Å². The summed E-state index contributed by atoms with van der Waals surface area (Å²) >= 11 is 0. The molecule has 118 valence electrons. The maximum absolute atomic E-state index is 11.1. The molecule has 0 aliphatic carbocycles. The number of ether oxygens (including phenoxy) is 1. The Kier molecular flexibility index (Phi) is 8.60. The van der Waals surface area contributed by atoms with Crippen molar-refractivity contribution in [3.8, 4) is 11.5 Å². The first kappa shape index (κ1) is 18.8. The van der Waals surface area contributed by atoms with E-state index in [-0.39, 0.29) is 23.4 Å². The minimum atomic E-state index is -0.512. The summed E-state index contributed by atoms with van der Waals surface area (Å²) in [5.41, 5.74) is 0. The fourth-order valence-corrected chi connectivity index (χ4v) is 1.54. The van der Waals surface area contributed by atoms with Crippen LogP contribution in [0.5, 0.6) is 11.5 Å². The summed E-state index contributed by atoms with van der Waals surface area (Å²) in [5.74, 6) is -0.407. The summed E-state index contributed by atoms with van der Waals surface area (Å²) < 4.78 is 4.56. The van der Waals surface area contributed by atoms with Crippen LogP contribution in [0.25, 0.3) is 0 Å². The van der Waals surface area contributed by atoms with E-state index in [1.165, 1.54) is 26.2 Å². The fourth-order valence-electron chi connectivity index (χ4n) is 1.54. The minimum Gasteiger partial charge on any atom is -0.504 e. The summed E-state index contributed by atoms with van der Waals surface area (Å²) in [4.78, 5) is 21.9. The molecule has 6 nitrogen and oxygen atoms in total. The first-order chi connectivity index (χ1) is 9.77. The second kappa shape index (κ2) is 9.63. The number of hydrogen-bond acceptors (Lipinski definition) is 5. The lowest BCUT2D eigenvalue weighted by atomic mass is 10.0. The molecule has 0 radical (unpaired) electrons. The van der Waals surface area contributed by atoms with E-state index in [0.29, 0.717) is 12.3 Å². The molecule has 1 unspecified atom stereocenters. The van der Waals surface area contributed by atoms with Crippen LogP contribution in [0.1, 0.15) is 27.2 Å². The summed E-state index contributed by atoms with van der Waals surface area (Å²) in [7, 11) is 1.32. The Balaban J connectivity index is 0.000000423. The van der Waals surface area contributed by atoms with Crippen molar-refractivity contribution < 1.29 is 24.5 Å². The van der Waals surface area contributed by atoms with Gasteiger partial charge in [-0.3, -0.25) is 4.79 Å². The van der Waals surface area contributed by atoms with Gasteiger partial charge in [-0.05, 0) is 24.5 Å². The predicted molar refractivity (Wildman–Crippen MR) is 78.8 cm³/mol. The Labute approximate surface area is 124 Å². The summed E-state index contributed by atoms with van der Waals surface area (Å²) in [5, 5.41) is 19.9. The molecule has 6 heteroatoms. The number of aromatic hydroxyl groups is 2. The number of rotatable bonds is 4. The maximum Gasteiger partial charge on any atom is 0.328 e. The van der Waals surface area contributed by atoms with Crippen molar-refractivity contribution in [2.24, 2.45) is 5.92 Å². The third-order valence-corrected chi connectivity index (χ3v) is 2.45. The Morgan fingerprint density at radius 1 is 1.19 bits per heavy atom. The van der Waals surface area contributed by atoms with Gasteiger partial charge in [0.2, 0.25) is 5.91 Å². The van der Waals surface area contributed by atoms with E-state index < -0.39 is 6.04 Å². The number of para-hydroxylation sites is 2. The number of phenolic OH excluding ortho intramolecular Hbond substituents is 2. The van der Waals surface area contributed by atoms with E-state index in [2.05, 4.69) is 10.1 Å². The minimum absolute atomic E-state index is 0.0764. The molecule has 0 spiro atoms. The molecule has 0 saturated carbocycles. The van der Waals surface area contributed by atoms with E-state index in [9.17, 15) is 9.59 Å². The normalized spacial score (nSPS) is 11.1. The number of amides is 1. The Hall–Kier alpha value is -2.24. The highest BCUT2D eigenvalue weighted by molar-refractivity contribution is 5.83. The van der Waals surface area contributed by atoms with Gasteiger partial charge in [0.05, 0.1) is 7.11 Å². The van der Waals surface area contributed by atoms with Gasteiger partial charge in [0.25, 0.3) is 0 Å². The molecular formula is C15H23NO5. The van der Waals surface area contributed by atoms with Crippen LogP contribution < -0.4 is 5.32 Å². The molecule has 1 atom stereocenters. The van der Waals surface area contributed by atoms with Gasteiger partial charge in [-0.25, -0.2) is 4.79 Å². The zero-order valence-corrected chi connectivity index (χ0v) is 12.8. The van der Waals surface area contributed by atoms with Gasteiger partial charge in [-0.2, -0.15) is 0 Å². The largest absolute Gasteiger partial charge is 0.504 e. The molecule has 0 saturated heterocycles. The molecule has 1 amide bonds. The zero-order chi connectivity index (χ0) is 16.4. The number of hydrogen-bond donors (Lipinski definition) is 3. The van der Waals surface area contributed by atoms with Crippen molar-refractivity contribution in [1.29, 1.82) is 0 Å². The molecule has 3 N–H and O–H groups in total. The lowest BCUT2D eigenvalue weighted by molar-refractivity contribution is -0.145. The first-order valence-electron chi connectivity index (χ1n) is 6.59. The van der Waals surface area contributed by atoms with E-state index in [1.807, 2.05) is 13.8 Å². The Morgan fingerprint density at radius 3 is 1.95 bits per heavy atom. The number of carbonyl (C=O) groups excluding carboxylic acids is 2. The topological polar surface area (TPSA) is 95.9 Å². The fraction of sp³-hybridized carbons (Fsp3) is 0.467. The van der Waals surface area contributed by atoms with E-state index >= 15 is 0 Å². The Morgan fingerprint density at radius 2 is 1.67 bits per heavy atom. The molecule has 0 bridgehead atoms. The number of benzene rings is 1. The van der Waals surface area contributed by atoms with Gasteiger partial charge in [0, 0.05) is 6.92 Å². The predicted octanol–water partition coefficient (Wildman–Crippen LogP) is 1.81. The lowest BCUT2D eigenvalue weighted by Crippen LogP contribution is -2.41. The maximum atomic E-state index is 11.1. The number of methoxy groups -OCH3 is 1. The lowest BCUT2D eigenvalue weighted by Gasteiger charge is -2.16. The van der Waals surface area contributed by atoms with Crippen molar-refractivity contribution in [1.82, 2.24) is 5.32 Å².